The molecule has 0 bridgehead atoms. The minimum absolute atomic E-state index is 0.0677. The van der Waals surface area contributed by atoms with E-state index in [1.54, 1.807) is 0 Å². The third-order valence-electron chi connectivity index (χ3n) is 1.97. The lowest BCUT2D eigenvalue weighted by atomic mass is 10.2. The van der Waals surface area contributed by atoms with Crippen LogP contribution in [0.3, 0.4) is 0 Å². The Kier molecular flexibility index (Phi) is 2.24. The van der Waals surface area contributed by atoms with E-state index in [-0.39, 0.29) is 12.3 Å². The largest absolute Gasteiger partial charge is 0.485 e. The molecular weight excluding hydrogens is 202 g/mol. The summed E-state index contributed by atoms with van der Waals surface area (Å²) < 4.78 is 10.4. The van der Waals surface area contributed by atoms with Crippen molar-refractivity contribution in [1.82, 2.24) is 0 Å². The highest BCUT2D eigenvalue weighted by Gasteiger charge is 2.22. The van der Waals surface area contributed by atoms with Crippen LogP contribution in [0.25, 0.3) is 0 Å². The number of nitro groups is 1. The molecule has 0 unspecified atom stereocenters. The summed E-state index contributed by atoms with van der Waals surface area (Å²) in [5, 5.41) is 10.5. The van der Waals surface area contributed by atoms with Crippen LogP contribution in [0.4, 0.5) is 5.69 Å². The number of fused-ring (bicyclic) bond motifs is 1. The minimum Gasteiger partial charge on any atom is -0.485 e. The number of carbonyl (C=O) groups excluding carboxylic acids is 1. The van der Waals surface area contributed by atoms with E-state index in [1.807, 2.05) is 0 Å². The molecule has 0 saturated heterocycles. The monoisotopic (exact) mass is 209 g/mol. The van der Waals surface area contributed by atoms with Gasteiger partial charge in [-0.1, -0.05) is 0 Å². The smallest absolute Gasteiger partial charge is 0.273 e. The molecule has 0 amide bonds. The van der Waals surface area contributed by atoms with Gasteiger partial charge in [-0.25, -0.2) is 0 Å². The quantitative estimate of drug-likeness (QED) is 0.411. The van der Waals surface area contributed by atoms with E-state index in [4.69, 9.17) is 9.47 Å². The zero-order valence-corrected chi connectivity index (χ0v) is 7.58. The van der Waals surface area contributed by atoms with Crippen molar-refractivity contribution in [2.24, 2.45) is 0 Å². The van der Waals surface area contributed by atoms with Crippen LogP contribution in [0.15, 0.2) is 18.2 Å². The second-order valence-electron chi connectivity index (χ2n) is 2.99. The summed E-state index contributed by atoms with van der Waals surface area (Å²) in [6, 6.07) is 3.99. The van der Waals surface area contributed by atoms with Crippen LogP contribution in [0.2, 0.25) is 0 Å². The molecule has 1 aromatic carbocycles. The number of hydrogen-bond acceptors (Lipinski definition) is 5. The van der Waals surface area contributed by atoms with E-state index in [9.17, 15) is 14.9 Å². The van der Waals surface area contributed by atoms with E-state index in [0.29, 0.717) is 17.8 Å². The lowest BCUT2D eigenvalue weighted by Gasteiger charge is -2.22. The van der Waals surface area contributed by atoms with Crippen molar-refractivity contribution in [1.29, 1.82) is 0 Å². The molecule has 0 saturated carbocycles. The topological polar surface area (TPSA) is 78.7 Å². The van der Waals surface area contributed by atoms with Crippen molar-refractivity contribution >= 4 is 12.0 Å². The summed E-state index contributed by atoms with van der Waals surface area (Å²) in [5.74, 6) is 0.645. The molecule has 0 spiro atoms. The van der Waals surface area contributed by atoms with Gasteiger partial charge in [-0.2, -0.15) is 0 Å². The van der Waals surface area contributed by atoms with Crippen LogP contribution in [0.5, 0.6) is 11.5 Å². The number of aldehydes is 1. The van der Waals surface area contributed by atoms with Crippen LogP contribution in [-0.2, 0) is 4.79 Å². The molecule has 6 heteroatoms. The predicted molar refractivity (Wildman–Crippen MR) is 49.1 cm³/mol. The van der Waals surface area contributed by atoms with Gasteiger partial charge in [-0.3, -0.25) is 14.9 Å². The number of nitrogens with zero attached hydrogens (tertiary/aromatic N) is 1. The highest BCUT2D eigenvalue weighted by Crippen LogP contribution is 2.34. The van der Waals surface area contributed by atoms with Gasteiger partial charge in [0.2, 0.25) is 0 Å². The second kappa shape index (κ2) is 3.56. The van der Waals surface area contributed by atoms with Crippen LogP contribution in [0, 0.1) is 10.1 Å². The average molecular weight is 209 g/mol. The Morgan fingerprint density at radius 1 is 1.47 bits per heavy atom. The van der Waals surface area contributed by atoms with E-state index in [1.165, 1.54) is 18.2 Å². The molecule has 78 valence electrons. The van der Waals surface area contributed by atoms with E-state index in [0.717, 1.165) is 0 Å². The number of benzene rings is 1. The highest BCUT2D eigenvalue weighted by molar-refractivity contribution is 5.59. The van der Waals surface area contributed by atoms with Crippen LogP contribution >= 0.6 is 0 Å². The Morgan fingerprint density at radius 3 is 2.93 bits per heavy atom. The molecule has 15 heavy (non-hydrogen) atoms. The number of rotatable bonds is 2. The maximum atomic E-state index is 10.5. The molecule has 0 fully saturated rings. The molecule has 0 aromatic heterocycles. The van der Waals surface area contributed by atoms with E-state index >= 15 is 0 Å². The molecule has 1 heterocycles. The van der Waals surface area contributed by atoms with Gasteiger partial charge in [0.25, 0.3) is 5.69 Å². The van der Waals surface area contributed by atoms with Gasteiger partial charge < -0.3 is 9.47 Å². The molecule has 1 aromatic rings. The molecular formula is C9H7NO5. The van der Waals surface area contributed by atoms with Gasteiger partial charge in [0, 0.05) is 6.07 Å². The predicted octanol–water partition coefficient (Wildman–Crippen LogP) is 0.933. The number of hydrogen-bond donors (Lipinski definition) is 0. The normalized spacial score (nSPS) is 18.3. The summed E-state index contributed by atoms with van der Waals surface area (Å²) in [6.45, 7) is 0.0810. The fourth-order valence-electron chi connectivity index (χ4n) is 1.26. The second-order valence-corrected chi connectivity index (χ2v) is 2.99. The Balaban J connectivity index is 2.32. The van der Waals surface area contributed by atoms with Crippen molar-refractivity contribution < 1.29 is 19.2 Å². The SMILES string of the molecule is O=C[C@@H]1COc2cc([N+](=O)[O-])ccc2O1. The van der Waals surface area contributed by atoms with Gasteiger partial charge in [0.15, 0.2) is 23.9 Å². The van der Waals surface area contributed by atoms with Gasteiger partial charge >= 0.3 is 0 Å². The summed E-state index contributed by atoms with van der Waals surface area (Å²) >= 11 is 0. The summed E-state index contributed by atoms with van der Waals surface area (Å²) in [5.41, 5.74) is -0.0677. The van der Waals surface area contributed by atoms with Crippen molar-refractivity contribution in [3.05, 3.63) is 28.3 Å². The Morgan fingerprint density at radius 2 is 2.27 bits per heavy atom. The number of ether oxygens (including phenoxy) is 2. The van der Waals surface area contributed by atoms with Crippen molar-refractivity contribution in [3.63, 3.8) is 0 Å². The molecule has 1 aliphatic rings. The third kappa shape index (κ3) is 1.74. The van der Waals surface area contributed by atoms with Crippen LogP contribution in [0.1, 0.15) is 0 Å². The van der Waals surface area contributed by atoms with Gasteiger partial charge in [0.05, 0.1) is 11.0 Å². The number of non-ortho nitro benzene ring substituents is 1. The zero-order chi connectivity index (χ0) is 10.8. The first-order valence-electron chi connectivity index (χ1n) is 4.24. The summed E-state index contributed by atoms with van der Waals surface area (Å²) in [4.78, 5) is 20.4. The van der Waals surface area contributed by atoms with Crippen molar-refractivity contribution in [2.75, 3.05) is 6.61 Å². The maximum absolute atomic E-state index is 10.5. The standard InChI is InChI=1S/C9H7NO5/c11-4-7-5-14-9-3-6(10(12)13)1-2-8(9)15-7/h1-4,7H,5H2/t7-/m1/s1. The minimum atomic E-state index is -0.640. The van der Waals surface area contributed by atoms with Crippen molar-refractivity contribution in [3.8, 4) is 11.5 Å². The zero-order valence-electron chi connectivity index (χ0n) is 7.58. The first kappa shape index (κ1) is 9.45. The Hall–Kier alpha value is -2.11. The number of carbonyl (C=O) groups is 1. The third-order valence-corrected chi connectivity index (χ3v) is 1.97. The summed E-state index contributed by atoms with van der Waals surface area (Å²) in [7, 11) is 0. The number of nitro benzene ring substituents is 1. The fraction of sp³-hybridized carbons (Fsp3) is 0.222. The van der Waals surface area contributed by atoms with Crippen LogP contribution < -0.4 is 9.47 Å². The molecule has 1 atom stereocenters. The van der Waals surface area contributed by atoms with E-state index < -0.39 is 11.0 Å². The molecule has 0 radical (unpaired) electrons. The Labute approximate surface area is 84.6 Å². The van der Waals surface area contributed by atoms with Crippen LogP contribution in [-0.4, -0.2) is 23.9 Å². The average Bonchev–Trinajstić information content (AvgIpc) is 2.27. The van der Waals surface area contributed by atoms with Gasteiger partial charge in [-0.05, 0) is 6.07 Å². The fourth-order valence-corrected chi connectivity index (χ4v) is 1.26. The van der Waals surface area contributed by atoms with E-state index in [2.05, 4.69) is 0 Å². The molecule has 2 rings (SSSR count). The van der Waals surface area contributed by atoms with Gasteiger partial charge in [0.1, 0.15) is 6.61 Å². The lowest BCUT2D eigenvalue weighted by Crippen LogP contribution is -2.30. The van der Waals surface area contributed by atoms with Gasteiger partial charge in [-0.15, -0.1) is 0 Å². The van der Waals surface area contributed by atoms with Crippen molar-refractivity contribution in [2.45, 2.75) is 6.10 Å². The Bertz CT molecular complexity index is 417. The molecule has 0 N–H and O–H groups in total. The summed E-state index contributed by atoms with van der Waals surface area (Å²) in [6.07, 6.45) is -0.0105. The first-order chi connectivity index (χ1) is 7.20. The maximum Gasteiger partial charge on any atom is 0.273 e. The molecule has 1 aliphatic heterocycles. The molecule has 0 aliphatic carbocycles. The first-order valence-corrected chi connectivity index (χ1v) is 4.24. The lowest BCUT2D eigenvalue weighted by molar-refractivity contribution is -0.385. The highest BCUT2D eigenvalue weighted by atomic mass is 16.6. The molecule has 6 nitrogen and oxygen atoms in total.